The molecule has 1 aliphatic heterocycles. The zero-order chi connectivity index (χ0) is 36.9. The van der Waals surface area contributed by atoms with Crippen molar-refractivity contribution in [3.8, 4) is 11.3 Å². The van der Waals surface area contributed by atoms with E-state index in [1.165, 1.54) is 19.2 Å². The van der Waals surface area contributed by atoms with Gasteiger partial charge in [-0.25, -0.2) is 19.4 Å². The first-order valence-corrected chi connectivity index (χ1v) is 19.6. The number of amides is 3. The molecule has 0 saturated carbocycles. The molecule has 0 aliphatic carbocycles. The first-order chi connectivity index (χ1) is 22.6. The van der Waals surface area contributed by atoms with Crippen LogP contribution in [0.15, 0.2) is 18.3 Å². The summed E-state index contributed by atoms with van der Waals surface area (Å²) in [6.45, 7) is 13.7. The molecule has 0 radical (unpaired) electrons. The van der Waals surface area contributed by atoms with Crippen LogP contribution in [0.3, 0.4) is 0 Å². The lowest BCUT2D eigenvalue weighted by molar-refractivity contribution is -0.171. The Hall–Kier alpha value is -4.12. The first kappa shape index (κ1) is 39.3. The van der Waals surface area contributed by atoms with Gasteiger partial charge >= 0.3 is 30.2 Å². The molecule has 3 rings (SSSR count). The normalized spacial score (nSPS) is 17.2. The number of methoxy groups -OCH3 is 1. The van der Waals surface area contributed by atoms with Crippen molar-refractivity contribution in [1.29, 1.82) is 0 Å². The lowest BCUT2D eigenvalue weighted by Gasteiger charge is -2.32. The molecule has 2 heterocycles. The van der Waals surface area contributed by atoms with E-state index in [0.29, 0.717) is 12.4 Å². The number of carbonyl (C=O) groups is 4. The average molecular weight is 714 g/mol. The van der Waals surface area contributed by atoms with Gasteiger partial charge in [-0.05, 0) is 64.3 Å². The minimum atomic E-state index is -5.45. The lowest BCUT2D eigenvalue weighted by Crippen LogP contribution is -2.51. The van der Waals surface area contributed by atoms with Gasteiger partial charge < -0.3 is 29.2 Å². The van der Waals surface area contributed by atoms with E-state index in [2.05, 4.69) is 35.0 Å². The zero-order valence-corrected chi connectivity index (χ0v) is 30.1. The summed E-state index contributed by atoms with van der Waals surface area (Å²) in [4.78, 5) is 55.8. The Morgan fingerprint density at radius 3 is 2.29 bits per heavy atom. The summed E-state index contributed by atoms with van der Waals surface area (Å²) in [5.41, 5.74) is -0.935. The molecule has 0 unspecified atom stereocenters. The molecule has 1 aliphatic rings. The fourth-order valence-corrected chi connectivity index (χ4v) is 6.08. The molecule has 49 heavy (non-hydrogen) atoms. The number of ether oxygens (including phenoxy) is 3. The van der Waals surface area contributed by atoms with Crippen molar-refractivity contribution in [2.45, 2.75) is 110 Å². The Bertz CT molecular complexity index is 1530. The predicted molar refractivity (Wildman–Crippen MR) is 178 cm³/mol. The van der Waals surface area contributed by atoms with Crippen LogP contribution in [-0.2, 0) is 30.5 Å². The molecule has 17 heteroatoms. The minimum absolute atomic E-state index is 0.0120. The van der Waals surface area contributed by atoms with Gasteiger partial charge in [-0.15, -0.1) is 0 Å². The zero-order valence-electron chi connectivity index (χ0n) is 29.1. The Morgan fingerprint density at radius 1 is 1.06 bits per heavy atom. The summed E-state index contributed by atoms with van der Waals surface area (Å²) in [5.74, 6) is -3.73. The third-order valence-electron chi connectivity index (χ3n) is 7.58. The average Bonchev–Trinajstić information content (AvgIpc) is 3.36. The second-order valence-electron chi connectivity index (χ2n) is 14.1. The van der Waals surface area contributed by atoms with Crippen LogP contribution in [-0.4, -0.2) is 78.3 Å². The van der Waals surface area contributed by atoms with Crippen molar-refractivity contribution in [3.63, 3.8) is 0 Å². The number of imidazole rings is 1. The van der Waals surface area contributed by atoms with Crippen molar-refractivity contribution < 1.29 is 51.7 Å². The number of hydrogen-bond donors (Lipinski definition) is 3. The van der Waals surface area contributed by atoms with Gasteiger partial charge in [0.05, 0.1) is 24.5 Å². The van der Waals surface area contributed by atoms with Crippen molar-refractivity contribution in [1.82, 2.24) is 14.9 Å². The number of nitrogens with one attached hydrogen (secondary N) is 2. The van der Waals surface area contributed by atoms with Crippen molar-refractivity contribution in [2.24, 2.45) is 0 Å². The van der Waals surface area contributed by atoms with Crippen molar-refractivity contribution in [3.05, 3.63) is 29.7 Å². The molecule has 2 bridgehead atoms. The summed E-state index contributed by atoms with van der Waals surface area (Å²) in [6, 6.07) is 0.678. The molecule has 0 spiro atoms. The quantitative estimate of drug-likeness (QED) is 0.197. The second-order valence-corrected chi connectivity index (χ2v) is 19.7. The first-order valence-electron chi connectivity index (χ1n) is 15.9. The highest BCUT2D eigenvalue weighted by Gasteiger charge is 2.48. The number of carboxylic acid groups (broad SMARTS) is 1. The van der Waals surface area contributed by atoms with E-state index in [9.17, 15) is 37.5 Å². The molecule has 2 atom stereocenters. The van der Waals surface area contributed by atoms with Crippen LogP contribution in [0.1, 0.15) is 63.9 Å². The topological polar surface area (TPSA) is 161 Å². The number of aromatic nitrogens is 2. The molecule has 3 N–H and O–H groups in total. The van der Waals surface area contributed by atoms with Crippen LogP contribution >= 0.6 is 0 Å². The number of halogens is 3. The van der Waals surface area contributed by atoms with Gasteiger partial charge in [0.2, 0.25) is 0 Å². The summed E-state index contributed by atoms with van der Waals surface area (Å²) in [7, 11) is -0.368. The number of carbonyl (C=O) groups excluding carboxylic acids is 3. The summed E-state index contributed by atoms with van der Waals surface area (Å²) in [5, 5.41) is 15.5. The molecule has 1 aromatic heterocycles. The maximum atomic E-state index is 14.2. The maximum absolute atomic E-state index is 14.2. The van der Waals surface area contributed by atoms with E-state index in [1.54, 1.807) is 25.3 Å². The number of anilines is 2. The van der Waals surface area contributed by atoms with Crippen LogP contribution < -0.4 is 15.5 Å². The molecular formula is C32H46F3N5O8Si. The van der Waals surface area contributed by atoms with Crippen LogP contribution in [0.25, 0.3) is 11.3 Å². The van der Waals surface area contributed by atoms with Gasteiger partial charge in [-0.1, -0.05) is 32.5 Å². The van der Waals surface area contributed by atoms with E-state index in [1.807, 2.05) is 0 Å². The fraction of sp³-hybridized carbons (Fsp3) is 0.594. The number of carboxylic acids is 1. The van der Waals surface area contributed by atoms with E-state index < -0.39 is 61.7 Å². The molecular weight excluding hydrogens is 667 g/mol. The largest absolute Gasteiger partial charge is 0.480 e. The van der Waals surface area contributed by atoms with Crippen LogP contribution in [0.2, 0.25) is 25.7 Å². The lowest BCUT2D eigenvalue weighted by atomic mass is 9.97. The Labute approximate surface area is 284 Å². The second kappa shape index (κ2) is 15.6. The number of hydrogen-bond acceptors (Lipinski definition) is 8. The van der Waals surface area contributed by atoms with Crippen molar-refractivity contribution >= 4 is 43.5 Å². The van der Waals surface area contributed by atoms with Gasteiger partial charge in [0.15, 0.2) is 0 Å². The Morgan fingerprint density at radius 2 is 1.71 bits per heavy atom. The fourth-order valence-electron chi connectivity index (χ4n) is 5.33. The number of fused-ring (bicyclic) bond motifs is 4. The van der Waals surface area contributed by atoms with Crippen LogP contribution in [0, 0.1) is 6.92 Å². The van der Waals surface area contributed by atoms with E-state index >= 15 is 0 Å². The number of nitrogens with zero attached hydrogens (tertiary/aromatic N) is 3. The predicted octanol–water partition coefficient (Wildman–Crippen LogP) is 6.84. The molecule has 2 aromatic rings. The van der Waals surface area contributed by atoms with Crippen LogP contribution in [0.5, 0.6) is 0 Å². The van der Waals surface area contributed by atoms with Crippen molar-refractivity contribution in [2.75, 3.05) is 23.9 Å². The van der Waals surface area contributed by atoms with Gasteiger partial charge in [0.1, 0.15) is 24.2 Å². The maximum Gasteiger partial charge on any atom is 0.471 e. The van der Waals surface area contributed by atoms with E-state index in [0.717, 1.165) is 19.2 Å². The summed E-state index contributed by atoms with van der Waals surface area (Å²) in [6.07, 6.45) is -5.39. The molecule has 3 amide bonds. The van der Waals surface area contributed by atoms with Crippen LogP contribution in [0.4, 0.5) is 34.1 Å². The summed E-state index contributed by atoms with van der Waals surface area (Å²) < 4.78 is 60.4. The smallest absolute Gasteiger partial charge is 0.471 e. The molecule has 13 nitrogen and oxygen atoms in total. The van der Waals surface area contributed by atoms with E-state index in [-0.39, 0.29) is 59.8 Å². The number of rotatable bonds is 8. The third-order valence-corrected chi connectivity index (χ3v) is 9.28. The number of aliphatic carboxylic acids is 1. The molecule has 272 valence electrons. The van der Waals surface area contributed by atoms with Gasteiger partial charge in [-0.2, -0.15) is 13.2 Å². The molecule has 0 fully saturated rings. The third kappa shape index (κ3) is 10.9. The minimum Gasteiger partial charge on any atom is -0.480 e. The monoisotopic (exact) mass is 713 g/mol. The highest BCUT2D eigenvalue weighted by molar-refractivity contribution is 6.76. The highest BCUT2D eigenvalue weighted by Crippen LogP contribution is 2.41. The number of aryl methyl sites for hydroxylation is 1. The number of alkyl carbamates (subject to hydrolysis) is 1. The van der Waals surface area contributed by atoms with Gasteiger partial charge in [0.25, 0.3) is 0 Å². The standard InChI is InChI=1S/C32H46F3N5O8Si/c1-19-15-20(36-29(44)46-5)16-24-25(19)22-17-39(18-47-13-14-49(6,7)8)26(37-22)21(38-30(45)48-31(2,3)4)11-9-10-12-23(27(41)42)40(24)28(43)32(33,34)35/h15-17,21,23H,9-14,18H2,1-8H3,(H,36,44)(H,38,45)(H,41,42)/t21-,23+/m0/s1. The molecule has 0 saturated heterocycles. The Kier molecular flexibility index (Phi) is 12.5. The SMILES string of the molecule is COC(=O)Nc1cc(C)c2c(c1)N(C(=O)C(F)(F)F)[C@@H](C(=O)O)CCCC[C@H](NC(=O)OC(C)(C)C)c1nc-2cn1COCC[Si](C)(C)C. The van der Waals surface area contributed by atoms with Gasteiger partial charge in [-0.3, -0.25) is 15.0 Å². The number of benzene rings is 1. The highest BCUT2D eigenvalue weighted by atomic mass is 28.3. The number of alkyl halides is 3. The molecule has 1 aromatic carbocycles. The summed E-state index contributed by atoms with van der Waals surface area (Å²) >= 11 is 0. The Balaban J connectivity index is 2.33. The van der Waals surface area contributed by atoms with E-state index in [4.69, 9.17) is 14.5 Å². The van der Waals surface area contributed by atoms with Gasteiger partial charge in [0, 0.05) is 32.1 Å².